The van der Waals surface area contributed by atoms with Gasteiger partial charge < -0.3 is 43.7 Å². The first-order valence-electron chi connectivity index (χ1n) is 19.3. The molecule has 5 fully saturated rings. The highest BCUT2D eigenvalue weighted by Crippen LogP contribution is 2.88. The number of rotatable bonds is 1. The maximum atomic E-state index is 14.6. The van der Waals surface area contributed by atoms with Crippen molar-refractivity contribution in [1.29, 1.82) is 0 Å². The van der Waals surface area contributed by atoms with E-state index in [0.717, 1.165) is 0 Å². The smallest absolute Gasteiger partial charge is 0.338 e. The molecule has 5 saturated carbocycles. The molecule has 55 heavy (non-hydrogen) atoms. The Morgan fingerprint density at radius 2 is 1.51 bits per heavy atom. The van der Waals surface area contributed by atoms with E-state index in [-0.39, 0.29) is 84.9 Å². The number of esters is 5. The minimum absolute atomic E-state index is 0.0463. The maximum Gasteiger partial charge on any atom is 0.338 e. The molecule has 3 N–H and O–H groups in total. The average molecular weight is 763 g/mol. The molecule has 0 aromatic heterocycles. The van der Waals surface area contributed by atoms with E-state index in [4.69, 9.17) is 28.4 Å². The molecule has 0 aromatic rings. The molecule has 14 nitrogen and oxygen atoms in total. The lowest BCUT2D eigenvalue weighted by atomic mass is 9.36. The summed E-state index contributed by atoms with van der Waals surface area (Å²) in [4.78, 5) is 67.1. The summed E-state index contributed by atoms with van der Waals surface area (Å²) >= 11 is 0. The Bertz CT molecular complexity index is 2090. The van der Waals surface area contributed by atoms with Crippen LogP contribution in [0.2, 0.25) is 0 Å². The van der Waals surface area contributed by atoms with E-state index < -0.39 is 87.3 Å². The van der Waals surface area contributed by atoms with Gasteiger partial charge in [-0.15, -0.1) is 0 Å². The summed E-state index contributed by atoms with van der Waals surface area (Å²) in [6.45, 7) is 7.94. The molecule has 0 amide bonds. The highest BCUT2D eigenvalue weighted by atomic mass is 16.7. The Morgan fingerprint density at radius 3 is 2.22 bits per heavy atom. The molecule has 1 spiro atoms. The van der Waals surface area contributed by atoms with Crippen LogP contribution in [0.3, 0.4) is 0 Å². The van der Waals surface area contributed by atoms with Gasteiger partial charge in [0.1, 0.15) is 31.5 Å². The number of carbonyl (C=O) groups excluding carboxylic acids is 5. The third kappa shape index (κ3) is 3.70. The molecule has 10 rings (SSSR count). The number of fused-ring (bicyclic) bond motifs is 9. The van der Waals surface area contributed by atoms with Gasteiger partial charge in [-0.3, -0.25) is 9.59 Å². The Labute approximate surface area is 316 Å². The third-order valence-corrected chi connectivity index (χ3v) is 16.6. The molecule has 3 aliphatic heterocycles. The SMILES string of the molecule is CO[C@@]12OC(=O)C(C)=C1C1=C3[C@](C)([C@@H]4C[C@@H]4[C@@]3(O)C[C@]3(C)[C@]14OC(=O)C1=C4C[C@H]4[C@](O)(COC(=O)/C(C)=C/COC(=O)CCC(=O)OC1)[C@H]1C[C@H]1[C@@]43C)[C@H]2O. The minimum Gasteiger partial charge on any atom is -0.461 e. The summed E-state index contributed by atoms with van der Waals surface area (Å²) < 4.78 is 35.7. The van der Waals surface area contributed by atoms with E-state index >= 15 is 0 Å². The highest BCUT2D eigenvalue weighted by Gasteiger charge is 2.90. The van der Waals surface area contributed by atoms with E-state index in [1.165, 1.54) is 20.1 Å². The zero-order chi connectivity index (χ0) is 39.2. The van der Waals surface area contributed by atoms with Crippen molar-refractivity contribution in [3.8, 4) is 0 Å². The molecule has 0 radical (unpaired) electrons. The van der Waals surface area contributed by atoms with E-state index in [1.807, 2.05) is 13.8 Å². The van der Waals surface area contributed by atoms with Gasteiger partial charge in [0.2, 0.25) is 0 Å². The van der Waals surface area contributed by atoms with Crippen LogP contribution in [0.5, 0.6) is 0 Å². The lowest BCUT2D eigenvalue weighted by Crippen LogP contribution is -2.73. The van der Waals surface area contributed by atoms with Crippen molar-refractivity contribution in [2.24, 2.45) is 45.8 Å². The number of aliphatic hydroxyl groups is 3. The van der Waals surface area contributed by atoms with Crippen LogP contribution in [-0.4, -0.2) is 101 Å². The second kappa shape index (κ2) is 10.4. The Hall–Kier alpha value is -3.85. The van der Waals surface area contributed by atoms with Crippen molar-refractivity contribution < 1.29 is 67.7 Å². The minimum atomic E-state index is -1.98. The lowest BCUT2D eigenvalue weighted by molar-refractivity contribution is -0.261. The van der Waals surface area contributed by atoms with E-state index in [9.17, 15) is 39.3 Å². The van der Waals surface area contributed by atoms with Gasteiger partial charge in [0.25, 0.3) is 5.79 Å². The lowest BCUT2D eigenvalue weighted by Gasteiger charge is -2.69. The molecule has 14 heteroatoms. The van der Waals surface area contributed by atoms with Crippen molar-refractivity contribution in [2.45, 2.75) is 102 Å². The fourth-order valence-electron chi connectivity index (χ4n) is 13.9. The molecule has 294 valence electrons. The number of hydrogen-bond donors (Lipinski definition) is 3. The van der Waals surface area contributed by atoms with Crippen LogP contribution < -0.4 is 0 Å². The zero-order valence-electron chi connectivity index (χ0n) is 31.7. The first-order valence-corrected chi connectivity index (χ1v) is 19.3. The van der Waals surface area contributed by atoms with Gasteiger partial charge in [0.15, 0.2) is 5.60 Å². The molecule has 7 aliphatic carbocycles. The molecular weight excluding hydrogens is 716 g/mol. The molecular formula is C41H46O14. The number of cyclic esters (lactones) is 3. The number of carbonyl (C=O) groups is 5. The fraction of sp³-hybridized carbons (Fsp3) is 0.683. The van der Waals surface area contributed by atoms with E-state index in [1.54, 1.807) is 6.92 Å². The Morgan fingerprint density at radius 1 is 0.818 bits per heavy atom. The fourth-order valence-corrected chi connectivity index (χ4v) is 13.9. The summed E-state index contributed by atoms with van der Waals surface area (Å²) in [5.41, 5.74) is -6.10. The highest BCUT2D eigenvalue weighted by molar-refractivity contribution is 5.99. The molecule has 0 saturated heterocycles. The summed E-state index contributed by atoms with van der Waals surface area (Å²) in [5.74, 6) is -7.14. The van der Waals surface area contributed by atoms with Crippen LogP contribution in [0, 0.1) is 45.8 Å². The zero-order valence-corrected chi connectivity index (χ0v) is 31.7. The van der Waals surface area contributed by atoms with Crippen LogP contribution >= 0.6 is 0 Å². The monoisotopic (exact) mass is 762 g/mol. The topological polar surface area (TPSA) is 201 Å². The van der Waals surface area contributed by atoms with Crippen LogP contribution in [0.15, 0.2) is 45.1 Å². The number of hydrogen-bond acceptors (Lipinski definition) is 14. The third-order valence-electron chi connectivity index (χ3n) is 16.6. The second-order valence-corrected chi connectivity index (χ2v) is 18.4. The quantitative estimate of drug-likeness (QED) is 0.259. The van der Waals surface area contributed by atoms with Crippen LogP contribution in [0.1, 0.15) is 73.1 Å². The molecule has 0 unspecified atom stereocenters. The van der Waals surface area contributed by atoms with Gasteiger partial charge >= 0.3 is 29.8 Å². The molecule has 10 aliphatic rings. The van der Waals surface area contributed by atoms with E-state index in [0.29, 0.717) is 29.6 Å². The summed E-state index contributed by atoms with van der Waals surface area (Å²) in [6.07, 6.45) is 0.720. The summed E-state index contributed by atoms with van der Waals surface area (Å²) in [6, 6.07) is 0. The average Bonchev–Trinajstić information content (AvgIpc) is 4.05. The summed E-state index contributed by atoms with van der Waals surface area (Å²) in [5, 5.41) is 38.7. The number of ether oxygens (including phenoxy) is 6. The normalized spacial score (nSPS) is 51.6. The number of aliphatic hydroxyl groups excluding tert-OH is 1. The maximum absolute atomic E-state index is 14.6. The van der Waals surface area contributed by atoms with Crippen molar-refractivity contribution in [2.75, 3.05) is 26.9 Å². The van der Waals surface area contributed by atoms with Gasteiger partial charge in [-0.05, 0) is 85.8 Å². The van der Waals surface area contributed by atoms with Crippen LogP contribution in [-0.2, 0) is 52.4 Å². The predicted octanol–water partition coefficient (Wildman–Crippen LogP) is 2.04. The Balaban J connectivity index is 1.24. The van der Waals surface area contributed by atoms with Gasteiger partial charge in [-0.2, -0.15) is 0 Å². The van der Waals surface area contributed by atoms with Crippen LogP contribution in [0.4, 0.5) is 0 Å². The molecule has 0 aromatic carbocycles. The molecule has 13 atom stereocenters. The van der Waals surface area contributed by atoms with Crippen molar-refractivity contribution in [3.05, 3.63) is 45.1 Å². The first kappa shape index (κ1) is 35.6. The van der Waals surface area contributed by atoms with E-state index in [2.05, 4.69) is 6.92 Å². The van der Waals surface area contributed by atoms with Crippen LogP contribution in [0.25, 0.3) is 0 Å². The summed E-state index contributed by atoms with van der Waals surface area (Å²) in [7, 11) is 1.36. The van der Waals surface area contributed by atoms with Crippen molar-refractivity contribution >= 4 is 29.8 Å². The predicted molar refractivity (Wildman–Crippen MR) is 183 cm³/mol. The van der Waals surface area contributed by atoms with Crippen molar-refractivity contribution in [1.82, 2.24) is 0 Å². The molecule has 2 bridgehead atoms. The standard InChI is InChI=1S/C41H46O14/c1-17-9-10-51-26(42)7-8-27(43)52-14-19-20-13-25-37(5,22-12-24(22)39(25,49)16-53-31(17)44)35(3)15-38(48)23-11-21(23)36(4)30(38)29(40(20,35)54-33(19)46)28-18(2)32(45)55-41(28,50-6)34(36)47/h9,21-25,34,47-49H,7-8,10-16H2,1-6H3/b17-9+/t21-,22-,23+,24+,25-,34-,35+,36+,37+,38+,39+,40-,41-/m1/s1. The van der Waals surface area contributed by atoms with Gasteiger partial charge in [0.05, 0.1) is 24.0 Å². The second-order valence-electron chi connectivity index (χ2n) is 18.4. The Kier molecular flexibility index (Phi) is 6.70. The largest absolute Gasteiger partial charge is 0.461 e. The van der Waals surface area contributed by atoms with Gasteiger partial charge in [-0.25, -0.2) is 14.4 Å². The van der Waals surface area contributed by atoms with Gasteiger partial charge in [-0.1, -0.05) is 20.8 Å². The number of methoxy groups -OCH3 is 1. The van der Waals surface area contributed by atoms with Crippen molar-refractivity contribution in [3.63, 3.8) is 0 Å². The van der Waals surface area contributed by atoms with Gasteiger partial charge in [0, 0.05) is 46.2 Å². The molecule has 3 heterocycles. The first-order chi connectivity index (χ1) is 25.8.